The van der Waals surface area contributed by atoms with Crippen LogP contribution in [0.2, 0.25) is 0 Å². The molecule has 2 aliphatic rings. The highest BCUT2D eigenvalue weighted by Gasteiger charge is 2.57. The average Bonchev–Trinajstić information content (AvgIpc) is 3.06. The van der Waals surface area contributed by atoms with Crippen molar-refractivity contribution in [2.45, 2.75) is 39.7 Å². The highest BCUT2D eigenvalue weighted by atomic mass is 16.4. The van der Waals surface area contributed by atoms with Crippen LogP contribution in [0.1, 0.15) is 44.6 Å². The molecule has 0 bridgehead atoms. The van der Waals surface area contributed by atoms with Crippen LogP contribution in [0.25, 0.3) is 0 Å². The van der Waals surface area contributed by atoms with E-state index < -0.39 is 11.3 Å². The third kappa shape index (κ3) is 2.09. The number of hydrogen-bond donors (Lipinski definition) is 1. The van der Waals surface area contributed by atoms with Crippen molar-refractivity contribution < 1.29 is 19.1 Å². The Morgan fingerprint density at radius 3 is 2.62 bits per heavy atom. The van der Waals surface area contributed by atoms with Gasteiger partial charge in [0, 0.05) is 5.92 Å². The van der Waals surface area contributed by atoms with Crippen molar-refractivity contribution in [3.05, 3.63) is 59.1 Å². The van der Waals surface area contributed by atoms with Crippen molar-refractivity contribution in [3.63, 3.8) is 0 Å². The van der Waals surface area contributed by atoms with E-state index >= 15 is 0 Å². The molecule has 0 aromatic carbocycles. The Bertz CT molecular complexity index is 792. The van der Waals surface area contributed by atoms with Gasteiger partial charge in [-0.05, 0) is 49.1 Å². The number of allylic oxidation sites excluding steroid dienone is 5. The molecule has 1 aromatic rings. The molecule has 0 saturated carbocycles. The topological polar surface area (TPSA) is 67.5 Å². The first-order valence-corrected chi connectivity index (χ1v) is 8.14. The average molecular weight is 326 g/mol. The van der Waals surface area contributed by atoms with E-state index in [0.717, 1.165) is 5.57 Å². The normalized spacial score (nSPS) is 30.2. The van der Waals surface area contributed by atoms with E-state index in [-0.39, 0.29) is 24.1 Å². The summed E-state index contributed by atoms with van der Waals surface area (Å²) in [6.07, 6.45) is 4.23. The molecule has 3 atom stereocenters. The molecule has 0 amide bonds. The molecule has 24 heavy (non-hydrogen) atoms. The standard InChI is InChI=1S/C20H22O4/c1-5-13-6-8-15-18(22)11(2)12(3)19(23)20(15,4)17(13)16-9-7-14(10-21)24-16/h5-7,9,15,17,21H,1,8,10H2,2-4H3/t15-,17+,20+/m0/s1. The Hall–Kier alpha value is -2.20. The summed E-state index contributed by atoms with van der Waals surface area (Å²) in [5, 5.41) is 9.28. The van der Waals surface area contributed by atoms with Crippen LogP contribution in [0.4, 0.5) is 0 Å². The van der Waals surface area contributed by atoms with Crippen LogP contribution in [0.5, 0.6) is 0 Å². The minimum atomic E-state index is -0.899. The Labute approximate surface area is 141 Å². The number of furan rings is 1. The lowest BCUT2D eigenvalue weighted by atomic mass is 9.53. The summed E-state index contributed by atoms with van der Waals surface area (Å²) in [6, 6.07) is 3.48. The molecule has 126 valence electrons. The Kier molecular flexibility index (Phi) is 3.96. The van der Waals surface area contributed by atoms with E-state index in [1.165, 1.54) is 0 Å². The zero-order chi connectivity index (χ0) is 17.6. The minimum Gasteiger partial charge on any atom is -0.463 e. The summed E-state index contributed by atoms with van der Waals surface area (Å²) in [7, 11) is 0. The van der Waals surface area contributed by atoms with Crippen LogP contribution < -0.4 is 0 Å². The molecule has 2 aliphatic carbocycles. The summed E-state index contributed by atoms with van der Waals surface area (Å²) < 4.78 is 5.75. The van der Waals surface area contributed by atoms with E-state index in [1.807, 2.05) is 13.0 Å². The number of Topliss-reactive ketones (excluding diaryl/α,β-unsaturated/α-hetero) is 2. The first-order valence-electron chi connectivity index (χ1n) is 8.14. The second kappa shape index (κ2) is 5.71. The minimum absolute atomic E-state index is 0.0102. The number of fused-ring (bicyclic) bond motifs is 1. The van der Waals surface area contributed by atoms with Crippen molar-refractivity contribution in [3.8, 4) is 0 Å². The molecule has 0 unspecified atom stereocenters. The quantitative estimate of drug-likeness (QED) is 0.923. The molecular formula is C20H22O4. The van der Waals surface area contributed by atoms with Gasteiger partial charge in [0.05, 0.1) is 11.3 Å². The maximum Gasteiger partial charge on any atom is 0.166 e. The third-order valence-electron chi connectivity index (χ3n) is 5.68. The fourth-order valence-corrected chi connectivity index (χ4v) is 4.15. The van der Waals surface area contributed by atoms with Crippen LogP contribution in [-0.4, -0.2) is 16.7 Å². The van der Waals surface area contributed by atoms with Gasteiger partial charge in [0.25, 0.3) is 0 Å². The second-order valence-electron chi connectivity index (χ2n) is 6.82. The molecule has 3 rings (SSSR count). The molecule has 1 aromatic heterocycles. The highest BCUT2D eigenvalue weighted by molar-refractivity contribution is 6.15. The zero-order valence-corrected chi connectivity index (χ0v) is 14.3. The molecule has 4 nitrogen and oxygen atoms in total. The predicted molar refractivity (Wildman–Crippen MR) is 90.3 cm³/mol. The monoisotopic (exact) mass is 326 g/mol. The van der Waals surface area contributed by atoms with E-state index in [1.54, 1.807) is 32.1 Å². The fraction of sp³-hybridized carbons (Fsp3) is 0.400. The van der Waals surface area contributed by atoms with E-state index in [2.05, 4.69) is 6.58 Å². The van der Waals surface area contributed by atoms with Crippen molar-refractivity contribution in [1.29, 1.82) is 0 Å². The molecule has 0 radical (unpaired) electrons. The Morgan fingerprint density at radius 1 is 1.33 bits per heavy atom. The predicted octanol–water partition coefficient (Wildman–Crippen LogP) is 3.48. The van der Waals surface area contributed by atoms with Gasteiger partial charge in [-0.3, -0.25) is 9.59 Å². The zero-order valence-electron chi connectivity index (χ0n) is 14.3. The molecule has 1 N–H and O–H groups in total. The van der Waals surface area contributed by atoms with Crippen LogP contribution in [0.3, 0.4) is 0 Å². The summed E-state index contributed by atoms with van der Waals surface area (Å²) in [5.41, 5.74) is 1.08. The van der Waals surface area contributed by atoms with Crippen molar-refractivity contribution in [1.82, 2.24) is 0 Å². The van der Waals surface area contributed by atoms with Gasteiger partial charge in [0.1, 0.15) is 18.1 Å². The van der Waals surface area contributed by atoms with Crippen LogP contribution in [0, 0.1) is 11.3 Å². The maximum atomic E-state index is 13.2. The third-order valence-corrected chi connectivity index (χ3v) is 5.68. The number of rotatable bonds is 3. The summed E-state index contributed by atoms with van der Waals surface area (Å²) in [6.45, 7) is 8.97. The van der Waals surface area contributed by atoms with E-state index in [4.69, 9.17) is 4.42 Å². The van der Waals surface area contributed by atoms with Gasteiger partial charge in [0.15, 0.2) is 11.6 Å². The second-order valence-corrected chi connectivity index (χ2v) is 6.82. The van der Waals surface area contributed by atoms with Crippen molar-refractivity contribution in [2.75, 3.05) is 0 Å². The smallest absolute Gasteiger partial charge is 0.166 e. The Morgan fingerprint density at radius 2 is 2.04 bits per heavy atom. The number of carbonyl (C=O) groups excluding carboxylic acids is 2. The van der Waals surface area contributed by atoms with Crippen LogP contribution in [-0.2, 0) is 16.2 Å². The summed E-state index contributed by atoms with van der Waals surface area (Å²) in [4.78, 5) is 26.0. The molecule has 0 aliphatic heterocycles. The lowest BCUT2D eigenvalue weighted by molar-refractivity contribution is -0.138. The lowest BCUT2D eigenvalue weighted by Gasteiger charge is -2.47. The summed E-state index contributed by atoms with van der Waals surface area (Å²) in [5.74, 6) is 0.276. The molecule has 0 fully saturated rings. The number of aliphatic hydroxyl groups is 1. The Balaban J connectivity index is 2.22. The van der Waals surface area contributed by atoms with Gasteiger partial charge in [-0.2, -0.15) is 0 Å². The maximum absolute atomic E-state index is 13.2. The molecule has 1 heterocycles. The van der Waals surface area contributed by atoms with Crippen molar-refractivity contribution in [2.24, 2.45) is 11.3 Å². The van der Waals surface area contributed by atoms with Crippen LogP contribution in [0.15, 0.2) is 52.0 Å². The molecular weight excluding hydrogens is 304 g/mol. The van der Waals surface area contributed by atoms with Gasteiger partial charge in [-0.15, -0.1) is 0 Å². The van der Waals surface area contributed by atoms with Gasteiger partial charge >= 0.3 is 0 Å². The van der Waals surface area contributed by atoms with Crippen molar-refractivity contribution >= 4 is 11.6 Å². The highest BCUT2D eigenvalue weighted by Crippen LogP contribution is 2.55. The SMILES string of the molecule is C=CC1=CC[C@H]2C(=O)C(C)=C(C)C(=O)[C@@]2(C)[C@H]1c1ccc(CO)o1. The first kappa shape index (κ1) is 16.7. The van der Waals surface area contributed by atoms with Gasteiger partial charge < -0.3 is 9.52 Å². The van der Waals surface area contributed by atoms with Gasteiger partial charge in [-0.25, -0.2) is 0 Å². The summed E-state index contributed by atoms with van der Waals surface area (Å²) >= 11 is 0. The molecule has 0 saturated heterocycles. The van der Waals surface area contributed by atoms with E-state index in [0.29, 0.717) is 29.1 Å². The number of aliphatic hydroxyl groups excluding tert-OH is 1. The number of hydrogen-bond acceptors (Lipinski definition) is 4. The fourth-order valence-electron chi connectivity index (χ4n) is 4.15. The van der Waals surface area contributed by atoms with Gasteiger partial charge in [-0.1, -0.05) is 25.7 Å². The number of carbonyl (C=O) groups is 2. The molecule has 4 heteroatoms. The van der Waals surface area contributed by atoms with Crippen LogP contribution >= 0.6 is 0 Å². The molecule has 0 spiro atoms. The van der Waals surface area contributed by atoms with E-state index in [9.17, 15) is 14.7 Å². The van der Waals surface area contributed by atoms with Gasteiger partial charge in [0.2, 0.25) is 0 Å². The largest absolute Gasteiger partial charge is 0.463 e. The lowest BCUT2D eigenvalue weighted by Crippen LogP contribution is -2.50. The number of ketones is 2. The first-order chi connectivity index (χ1) is 11.4.